The van der Waals surface area contributed by atoms with Crippen LogP contribution in [0.15, 0.2) is 40.9 Å². The minimum Gasteiger partial charge on any atom is -0.409 e. The molecule has 6 heteroatoms. The van der Waals surface area contributed by atoms with E-state index in [1.54, 1.807) is 23.5 Å². The SMILES string of the molecule is CN(CCc1cccs1)c1ccc(C(N)=NO)cc1Cl. The van der Waals surface area contributed by atoms with Crippen LogP contribution in [0.4, 0.5) is 5.69 Å². The standard InChI is InChI=1S/C14H16ClN3OS/c1-18(7-6-11-3-2-8-20-11)13-5-4-10(9-12(13)15)14(16)17-19/h2-5,8-9,19H,6-7H2,1H3,(H2,16,17). The number of likely N-dealkylation sites (N-methyl/N-ethyl adjacent to an activating group) is 1. The monoisotopic (exact) mass is 309 g/mol. The van der Waals surface area contributed by atoms with Gasteiger partial charge in [-0.05, 0) is 36.1 Å². The second kappa shape index (κ2) is 6.63. The van der Waals surface area contributed by atoms with E-state index in [9.17, 15) is 0 Å². The Morgan fingerprint density at radius 1 is 1.45 bits per heavy atom. The molecule has 0 spiro atoms. The molecular formula is C14H16ClN3OS. The van der Waals surface area contributed by atoms with Crippen molar-refractivity contribution in [1.82, 2.24) is 0 Å². The number of oxime groups is 1. The van der Waals surface area contributed by atoms with Gasteiger partial charge in [-0.1, -0.05) is 22.8 Å². The van der Waals surface area contributed by atoms with Crippen molar-refractivity contribution in [1.29, 1.82) is 0 Å². The fourth-order valence-corrected chi connectivity index (χ4v) is 2.91. The van der Waals surface area contributed by atoms with E-state index in [4.69, 9.17) is 22.5 Å². The first kappa shape index (κ1) is 14.7. The molecule has 0 aliphatic heterocycles. The molecule has 0 radical (unpaired) electrons. The van der Waals surface area contributed by atoms with Gasteiger partial charge in [-0.25, -0.2) is 0 Å². The quantitative estimate of drug-likeness (QED) is 0.386. The molecule has 106 valence electrons. The highest BCUT2D eigenvalue weighted by molar-refractivity contribution is 7.09. The first-order chi connectivity index (χ1) is 9.61. The number of nitrogens with zero attached hydrogens (tertiary/aromatic N) is 2. The number of rotatable bonds is 5. The Morgan fingerprint density at radius 2 is 2.25 bits per heavy atom. The Bertz CT molecular complexity index is 598. The lowest BCUT2D eigenvalue weighted by Gasteiger charge is -2.20. The minimum absolute atomic E-state index is 0.0553. The number of hydrogen-bond acceptors (Lipinski definition) is 4. The summed E-state index contributed by atoms with van der Waals surface area (Å²) in [5.41, 5.74) is 7.07. The van der Waals surface area contributed by atoms with Crippen LogP contribution >= 0.6 is 22.9 Å². The number of benzene rings is 1. The molecule has 0 saturated heterocycles. The van der Waals surface area contributed by atoms with Gasteiger partial charge in [0.25, 0.3) is 0 Å². The third-order valence-corrected chi connectivity index (χ3v) is 4.28. The van der Waals surface area contributed by atoms with Crippen LogP contribution in [0.5, 0.6) is 0 Å². The van der Waals surface area contributed by atoms with E-state index >= 15 is 0 Å². The van der Waals surface area contributed by atoms with E-state index < -0.39 is 0 Å². The van der Waals surface area contributed by atoms with Gasteiger partial charge in [0.05, 0.1) is 10.7 Å². The van der Waals surface area contributed by atoms with Crippen LogP contribution in [0.25, 0.3) is 0 Å². The van der Waals surface area contributed by atoms with Crippen LogP contribution in [0.1, 0.15) is 10.4 Å². The van der Waals surface area contributed by atoms with E-state index in [-0.39, 0.29) is 5.84 Å². The van der Waals surface area contributed by atoms with Crippen molar-refractivity contribution in [3.63, 3.8) is 0 Å². The molecule has 1 heterocycles. The van der Waals surface area contributed by atoms with Crippen LogP contribution in [0, 0.1) is 0 Å². The van der Waals surface area contributed by atoms with E-state index in [1.807, 2.05) is 13.1 Å². The van der Waals surface area contributed by atoms with Gasteiger partial charge in [0.2, 0.25) is 0 Å². The zero-order valence-electron chi connectivity index (χ0n) is 11.1. The fourth-order valence-electron chi connectivity index (χ4n) is 1.89. The summed E-state index contributed by atoms with van der Waals surface area (Å²) in [4.78, 5) is 3.44. The summed E-state index contributed by atoms with van der Waals surface area (Å²) in [6.07, 6.45) is 0.979. The van der Waals surface area contributed by atoms with Crippen molar-refractivity contribution < 1.29 is 5.21 Å². The van der Waals surface area contributed by atoms with Gasteiger partial charge in [0.15, 0.2) is 5.84 Å². The second-order valence-electron chi connectivity index (χ2n) is 4.40. The maximum atomic E-state index is 8.66. The summed E-state index contributed by atoms with van der Waals surface area (Å²) in [6.45, 7) is 0.878. The smallest absolute Gasteiger partial charge is 0.170 e. The average Bonchev–Trinajstić information content (AvgIpc) is 2.97. The molecule has 0 bridgehead atoms. The van der Waals surface area contributed by atoms with Gasteiger partial charge < -0.3 is 15.8 Å². The Hall–Kier alpha value is -1.72. The topological polar surface area (TPSA) is 61.8 Å². The molecule has 0 fully saturated rings. The van der Waals surface area contributed by atoms with Crippen LogP contribution in [-0.2, 0) is 6.42 Å². The van der Waals surface area contributed by atoms with Crippen LogP contribution in [0.2, 0.25) is 5.02 Å². The third-order valence-electron chi connectivity index (χ3n) is 3.04. The zero-order valence-corrected chi connectivity index (χ0v) is 12.7. The molecule has 0 unspecified atom stereocenters. The number of amidine groups is 1. The summed E-state index contributed by atoms with van der Waals surface area (Å²) in [7, 11) is 2.00. The Morgan fingerprint density at radius 3 is 2.85 bits per heavy atom. The molecule has 3 N–H and O–H groups in total. The van der Waals surface area contributed by atoms with Gasteiger partial charge in [0.1, 0.15) is 0 Å². The number of anilines is 1. The largest absolute Gasteiger partial charge is 0.409 e. The lowest BCUT2D eigenvalue weighted by Crippen LogP contribution is -2.21. The van der Waals surface area contributed by atoms with E-state index in [1.165, 1.54) is 4.88 Å². The molecule has 0 saturated carbocycles. The molecule has 4 nitrogen and oxygen atoms in total. The molecule has 20 heavy (non-hydrogen) atoms. The lowest BCUT2D eigenvalue weighted by molar-refractivity contribution is 0.318. The predicted molar refractivity (Wildman–Crippen MR) is 85.3 cm³/mol. The summed E-state index contributed by atoms with van der Waals surface area (Å²) in [5, 5.41) is 14.3. The average molecular weight is 310 g/mol. The summed E-state index contributed by atoms with van der Waals surface area (Å²) in [5.74, 6) is 0.0553. The van der Waals surface area contributed by atoms with Gasteiger partial charge in [-0.15, -0.1) is 11.3 Å². The third kappa shape index (κ3) is 3.43. The minimum atomic E-state index is 0.0553. The number of halogens is 1. The highest BCUT2D eigenvalue weighted by Gasteiger charge is 2.09. The first-order valence-corrected chi connectivity index (χ1v) is 7.38. The molecule has 0 atom stereocenters. The maximum Gasteiger partial charge on any atom is 0.170 e. The fraction of sp³-hybridized carbons (Fsp3) is 0.214. The highest BCUT2D eigenvalue weighted by Crippen LogP contribution is 2.26. The Kier molecular flexibility index (Phi) is 4.87. The van der Waals surface area contributed by atoms with Crippen molar-refractivity contribution in [3.05, 3.63) is 51.2 Å². The molecule has 2 rings (SSSR count). The van der Waals surface area contributed by atoms with Crippen molar-refractivity contribution in [2.45, 2.75) is 6.42 Å². The predicted octanol–water partition coefficient (Wildman–Crippen LogP) is 3.17. The van der Waals surface area contributed by atoms with Gasteiger partial charge in [-0.3, -0.25) is 0 Å². The molecule has 0 aliphatic rings. The molecule has 1 aromatic carbocycles. The second-order valence-corrected chi connectivity index (χ2v) is 5.84. The molecule has 0 amide bonds. The van der Waals surface area contributed by atoms with Crippen molar-refractivity contribution in [2.24, 2.45) is 10.9 Å². The molecule has 1 aromatic heterocycles. The molecule has 2 aromatic rings. The van der Waals surface area contributed by atoms with Crippen molar-refractivity contribution >= 4 is 34.5 Å². The van der Waals surface area contributed by atoms with E-state index in [0.29, 0.717) is 10.6 Å². The summed E-state index contributed by atoms with van der Waals surface area (Å²) >= 11 is 8.01. The first-order valence-electron chi connectivity index (χ1n) is 6.13. The normalized spacial score (nSPS) is 11.6. The zero-order chi connectivity index (χ0) is 14.5. The van der Waals surface area contributed by atoms with Crippen molar-refractivity contribution in [3.8, 4) is 0 Å². The van der Waals surface area contributed by atoms with Crippen LogP contribution < -0.4 is 10.6 Å². The number of nitrogens with two attached hydrogens (primary N) is 1. The van der Waals surface area contributed by atoms with Crippen LogP contribution in [0.3, 0.4) is 0 Å². The van der Waals surface area contributed by atoms with E-state index in [0.717, 1.165) is 18.7 Å². The molecule has 0 aliphatic carbocycles. The number of thiophene rings is 1. The van der Waals surface area contributed by atoms with Gasteiger partial charge in [-0.2, -0.15) is 0 Å². The van der Waals surface area contributed by atoms with Gasteiger partial charge >= 0.3 is 0 Å². The van der Waals surface area contributed by atoms with E-state index in [2.05, 4.69) is 27.6 Å². The van der Waals surface area contributed by atoms with Crippen LogP contribution in [-0.4, -0.2) is 24.6 Å². The number of hydrogen-bond donors (Lipinski definition) is 2. The van der Waals surface area contributed by atoms with Crippen molar-refractivity contribution in [2.75, 3.05) is 18.5 Å². The summed E-state index contributed by atoms with van der Waals surface area (Å²) in [6, 6.07) is 9.55. The highest BCUT2D eigenvalue weighted by atomic mass is 35.5. The molecular weight excluding hydrogens is 294 g/mol. The Labute approximate surface area is 127 Å². The summed E-state index contributed by atoms with van der Waals surface area (Å²) < 4.78 is 0. The maximum absolute atomic E-state index is 8.66. The lowest BCUT2D eigenvalue weighted by atomic mass is 10.1. The van der Waals surface area contributed by atoms with Gasteiger partial charge in [0, 0.05) is 24.0 Å². The Balaban J connectivity index is 2.08.